The number of phenolic OH excluding ortho intramolecular Hbond substituents is 1. The summed E-state index contributed by atoms with van der Waals surface area (Å²) in [6, 6.07) is 1.99. The molecule has 4 heteroatoms. The number of halogens is 1. The molecule has 1 aromatic carbocycles. The number of rotatable bonds is 2. The molecule has 94 valence electrons. The van der Waals surface area contributed by atoms with Crippen molar-refractivity contribution in [2.24, 2.45) is 0 Å². The summed E-state index contributed by atoms with van der Waals surface area (Å²) in [6.07, 6.45) is 3.49. The molecule has 2 rings (SSSR count). The number of methoxy groups -OCH3 is 1. The van der Waals surface area contributed by atoms with E-state index >= 15 is 0 Å². The first-order chi connectivity index (χ1) is 8.15. The van der Waals surface area contributed by atoms with Crippen LogP contribution in [0, 0.1) is 6.92 Å². The molecule has 1 heterocycles. The molecule has 0 aromatic heterocycles. The molecule has 0 aliphatic carbocycles. The number of hydrogen-bond donors (Lipinski definition) is 2. The van der Waals surface area contributed by atoms with Crippen LogP contribution in [0.2, 0.25) is 5.02 Å². The highest BCUT2D eigenvalue weighted by Gasteiger charge is 2.23. The van der Waals surface area contributed by atoms with Crippen LogP contribution < -0.4 is 10.1 Å². The molecule has 17 heavy (non-hydrogen) atoms. The van der Waals surface area contributed by atoms with Crippen LogP contribution in [0.5, 0.6) is 11.5 Å². The minimum Gasteiger partial charge on any atom is -0.504 e. The summed E-state index contributed by atoms with van der Waals surface area (Å²) in [6.45, 7) is 2.99. The lowest BCUT2D eigenvalue weighted by Gasteiger charge is -2.27. The zero-order chi connectivity index (χ0) is 12.4. The standard InChI is InChI=1S/C13H18ClNO2/c1-8-7-10(16)13(17-2)12(14)11(8)9-5-3-4-6-15-9/h7,9,15-16H,3-6H2,1-2H3. The molecule has 3 nitrogen and oxygen atoms in total. The van der Waals surface area contributed by atoms with Crippen molar-refractivity contribution in [3.63, 3.8) is 0 Å². The molecule has 1 unspecified atom stereocenters. The van der Waals surface area contributed by atoms with Crippen LogP contribution in [0.15, 0.2) is 6.07 Å². The van der Waals surface area contributed by atoms with Gasteiger partial charge >= 0.3 is 0 Å². The van der Waals surface area contributed by atoms with Crippen LogP contribution in [-0.4, -0.2) is 18.8 Å². The van der Waals surface area contributed by atoms with Crippen LogP contribution in [-0.2, 0) is 0 Å². The zero-order valence-corrected chi connectivity index (χ0v) is 11.0. The molecule has 1 saturated heterocycles. The first-order valence-corrected chi connectivity index (χ1v) is 6.32. The van der Waals surface area contributed by atoms with Gasteiger partial charge in [-0.05, 0) is 43.5 Å². The molecule has 1 atom stereocenters. The summed E-state index contributed by atoms with van der Waals surface area (Å²) >= 11 is 6.33. The van der Waals surface area contributed by atoms with Crippen molar-refractivity contribution in [1.29, 1.82) is 0 Å². The van der Waals surface area contributed by atoms with E-state index in [4.69, 9.17) is 16.3 Å². The first kappa shape index (κ1) is 12.5. The molecule has 0 radical (unpaired) electrons. The van der Waals surface area contributed by atoms with E-state index in [1.165, 1.54) is 20.0 Å². The summed E-state index contributed by atoms with van der Waals surface area (Å²) in [4.78, 5) is 0. The highest BCUT2D eigenvalue weighted by molar-refractivity contribution is 6.33. The van der Waals surface area contributed by atoms with E-state index in [1.807, 2.05) is 6.92 Å². The smallest absolute Gasteiger partial charge is 0.179 e. The third-order valence-electron chi connectivity index (χ3n) is 3.31. The van der Waals surface area contributed by atoms with E-state index in [9.17, 15) is 5.11 Å². The van der Waals surface area contributed by atoms with Crippen LogP contribution in [0.25, 0.3) is 0 Å². The van der Waals surface area contributed by atoms with Crippen LogP contribution in [0.1, 0.15) is 36.4 Å². The SMILES string of the molecule is COc1c(O)cc(C)c(C2CCCCN2)c1Cl. The number of piperidine rings is 1. The fourth-order valence-electron chi connectivity index (χ4n) is 2.48. The number of ether oxygens (including phenoxy) is 1. The van der Waals surface area contributed by atoms with Crippen molar-refractivity contribution in [2.45, 2.75) is 32.2 Å². The Morgan fingerprint density at radius 2 is 2.24 bits per heavy atom. The van der Waals surface area contributed by atoms with E-state index in [1.54, 1.807) is 6.07 Å². The molecule has 1 aliphatic rings. The summed E-state index contributed by atoms with van der Waals surface area (Å²) < 4.78 is 5.15. The van der Waals surface area contributed by atoms with Crippen LogP contribution in [0.4, 0.5) is 0 Å². The Bertz CT molecular complexity index is 414. The lowest BCUT2D eigenvalue weighted by atomic mass is 9.93. The maximum atomic E-state index is 9.77. The van der Waals surface area contributed by atoms with Crippen molar-refractivity contribution >= 4 is 11.6 Å². The quantitative estimate of drug-likeness (QED) is 0.853. The minimum atomic E-state index is 0.106. The second-order valence-corrected chi connectivity index (χ2v) is 4.85. The van der Waals surface area contributed by atoms with Gasteiger partial charge < -0.3 is 15.2 Å². The Hall–Kier alpha value is -0.930. The van der Waals surface area contributed by atoms with E-state index in [0.29, 0.717) is 10.8 Å². The highest BCUT2D eigenvalue weighted by atomic mass is 35.5. The number of benzene rings is 1. The maximum absolute atomic E-state index is 9.77. The number of aromatic hydroxyl groups is 1. The van der Waals surface area contributed by atoms with Gasteiger partial charge in [0.1, 0.15) is 0 Å². The average Bonchev–Trinajstić information content (AvgIpc) is 2.30. The van der Waals surface area contributed by atoms with Gasteiger partial charge in [-0.3, -0.25) is 0 Å². The fraction of sp³-hybridized carbons (Fsp3) is 0.538. The molecule has 1 aliphatic heterocycles. The van der Waals surface area contributed by atoms with Gasteiger partial charge in [-0.25, -0.2) is 0 Å². The van der Waals surface area contributed by atoms with E-state index in [0.717, 1.165) is 24.1 Å². The second-order valence-electron chi connectivity index (χ2n) is 4.48. The lowest BCUT2D eigenvalue weighted by molar-refractivity contribution is 0.368. The van der Waals surface area contributed by atoms with Crippen molar-refractivity contribution in [1.82, 2.24) is 5.32 Å². The van der Waals surface area contributed by atoms with Crippen LogP contribution in [0.3, 0.4) is 0 Å². The molecule has 2 N–H and O–H groups in total. The number of nitrogens with one attached hydrogen (secondary N) is 1. The fourth-order valence-corrected chi connectivity index (χ4v) is 2.93. The van der Waals surface area contributed by atoms with E-state index < -0.39 is 0 Å². The van der Waals surface area contributed by atoms with Crippen molar-refractivity contribution < 1.29 is 9.84 Å². The van der Waals surface area contributed by atoms with Gasteiger partial charge in [-0.1, -0.05) is 18.0 Å². The summed E-state index contributed by atoms with van der Waals surface area (Å²) in [7, 11) is 1.52. The Morgan fingerprint density at radius 3 is 2.82 bits per heavy atom. The topological polar surface area (TPSA) is 41.5 Å². The van der Waals surface area contributed by atoms with Crippen molar-refractivity contribution in [2.75, 3.05) is 13.7 Å². The summed E-state index contributed by atoms with van der Waals surface area (Å²) in [5, 5.41) is 13.8. The van der Waals surface area contributed by atoms with Crippen molar-refractivity contribution in [3.05, 3.63) is 22.2 Å². The minimum absolute atomic E-state index is 0.106. The molecule has 0 spiro atoms. The monoisotopic (exact) mass is 255 g/mol. The van der Waals surface area contributed by atoms with E-state index in [2.05, 4.69) is 5.32 Å². The van der Waals surface area contributed by atoms with Gasteiger partial charge in [0.05, 0.1) is 12.1 Å². The maximum Gasteiger partial charge on any atom is 0.179 e. The predicted molar refractivity (Wildman–Crippen MR) is 69.0 cm³/mol. The molecule has 0 amide bonds. The largest absolute Gasteiger partial charge is 0.504 e. The Kier molecular flexibility index (Phi) is 3.79. The van der Waals surface area contributed by atoms with Crippen molar-refractivity contribution in [3.8, 4) is 11.5 Å². The third kappa shape index (κ3) is 2.35. The molecular weight excluding hydrogens is 238 g/mol. The molecular formula is C13H18ClNO2. The summed E-state index contributed by atoms with van der Waals surface area (Å²) in [5.41, 5.74) is 2.06. The number of phenols is 1. The molecule has 0 bridgehead atoms. The van der Waals surface area contributed by atoms with Gasteiger partial charge in [0.2, 0.25) is 0 Å². The van der Waals surface area contributed by atoms with Gasteiger partial charge in [0.25, 0.3) is 0 Å². The Morgan fingerprint density at radius 1 is 1.47 bits per heavy atom. The van der Waals surface area contributed by atoms with Gasteiger partial charge in [0, 0.05) is 6.04 Å². The van der Waals surface area contributed by atoms with Crippen LogP contribution >= 0.6 is 11.6 Å². The van der Waals surface area contributed by atoms with Gasteiger partial charge in [-0.15, -0.1) is 0 Å². The lowest BCUT2D eigenvalue weighted by Crippen LogP contribution is -2.27. The molecule has 0 saturated carbocycles. The average molecular weight is 256 g/mol. The Labute approximate surface area is 107 Å². The normalized spacial score (nSPS) is 20.3. The van der Waals surface area contributed by atoms with E-state index in [-0.39, 0.29) is 11.8 Å². The second kappa shape index (κ2) is 5.15. The highest BCUT2D eigenvalue weighted by Crippen LogP contribution is 2.42. The first-order valence-electron chi connectivity index (χ1n) is 5.94. The molecule has 1 aromatic rings. The van der Waals surface area contributed by atoms with Gasteiger partial charge in [-0.2, -0.15) is 0 Å². The predicted octanol–water partition coefficient (Wildman–Crippen LogP) is 3.18. The van der Waals surface area contributed by atoms with Gasteiger partial charge in [0.15, 0.2) is 11.5 Å². The number of hydrogen-bond acceptors (Lipinski definition) is 3. The third-order valence-corrected chi connectivity index (χ3v) is 3.68. The number of aryl methyl sites for hydroxylation is 1. The summed E-state index contributed by atoms with van der Waals surface area (Å²) in [5.74, 6) is 0.481. The molecule has 1 fully saturated rings. The Balaban J connectivity index is 2.44. The zero-order valence-electron chi connectivity index (χ0n) is 10.2.